The number of fused-ring (bicyclic) bond motifs is 1. The van der Waals surface area contributed by atoms with Crippen molar-refractivity contribution in [2.45, 2.75) is 19.4 Å². The average Bonchev–Trinajstić information content (AvgIpc) is 2.70. The molecule has 0 spiro atoms. The molecule has 0 saturated carbocycles. The van der Waals surface area contributed by atoms with Crippen molar-refractivity contribution in [1.82, 2.24) is 9.55 Å². The Hall–Kier alpha value is -0.680. The Morgan fingerprint density at radius 2 is 2.33 bits per heavy atom. The van der Waals surface area contributed by atoms with Crippen molar-refractivity contribution in [3.63, 3.8) is 0 Å². The summed E-state index contributed by atoms with van der Waals surface area (Å²) in [5.74, 6) is 0. The molecular weight excluding hydrogens is 276 g/mol. The molecule has 0 saturated heterocycles. The number of hydrogen-bond donors (Lipinski definition) is 0. The van der Waals surface area contributed by atoms with Gasteiger partial charge in [-0.05, 0) is 24.3 Å². The van der Waals surface area contributed by atoms with Crippen LogP contribution < -0.4 is 5.56 Å². The number of rotatable bonds is 4. The van der Waals surface area contributed by atoms with E-state index in [2.05, 4.69) is 20.9 Å². The van der Waals surface area contributed by atoms with Gasteiger partial charge in [-0.25, -0.2) is 4.98 Å². The van der Waals surface area contributed by atoms with Gasteiger partial charge >= 0.3 is 0 Å². The van der Waals surface area contributed by atoms with Crippen LogP contribution in [0.25, 0.3) is 10.2 Å². The Morgan fingerprint density at radius 1 is 1.47 bits per heavy atom. The minimum Gasteiger partial charge on any atom is -0.299 e. The van der Waals surface area contributed by atoms with Crippen LogP contribution in [0.15, 0.2) is 22.6 Å². The summed E-state index contributed by atoms with van der Waals surface area (Å²) >= 11 is 4.88. The first-order valence-corrected chi connectivity index (χ1v) is 6.81. The summed E-state index contributed by atoms with van der Waals surface area (Å²) in [7, 11) is 0. The molecule has 0 aromatic carbocycles. The largest absolute Gasteiger partial charge is 0.299 e. The lowest BCUT2D eigenvalue weighted by atomic mass is 10.3. The summed E-state index contributed by atoms with van der Waals surface area (Å²) < 4.78 is 1.69. The average molecular weight is 287 g/mol. The van der Waals surface area contributed by atoms with Crippen molar-refractivity contribution in [1.29, 1.82) is 0 Å². The fraction of sp³-hybridized carbons (Fsp3) is 0.400. The van der Waals surface area contributed by atoms with Gasteiger partial charge in [0.05, 0.1) is 11.7 Å². The third-order valence-corrected chi connectivity index (χ3v) is 3.61. The fourth-order valence-electron chi connectivity index (χ4n) is 1.43. The van der Waals surface area contributed by atoms with Gasteiger partial charge < -0.3 is 0 Å². The molecule has 0 N–H and O–H groups in total. The lowest BCUT2D eigenvalue weighted by Crippen LogP contribution is -2.19. The van der Waals surface area contributed by atoms with Crippen molar-refractivity contribution >= 4 is 37.5 Å². The molecule has 80 valence electrons. The highest BCUT2D eigenvalue weighted by molar-refractivity contribution is 9.09. The molecule has 0 aliphatic carbocycles. The molecule has 3 nitrogen and oxygen atoms in total. The molecule has 2 aromatic heterocycles. The van der Waals surface area contributed by atoms with E-state index in [1.165, 1.54) is 11.3 Å². The molecule has 0 atom stereocenters. The molecule has 2 heterocycles. The first-order chi connectivity index (χ1) is 7.33. The van der Waals surface area contributed by atoms with E-state index < -0.39 is 0 Å². The number of nitrogens with zero attached hydrogens (tertiary/aromatic N) is 2. The van der Waals surface area contributed by atoms with Crippen LogP contribution >= 0.6 is 27.3 Å². The van der Waals surface area contributed by atoms with Crippen molar-refractivity contribution in [2.75, 3.05) is 5.33 Å². The first kappa shape index (κ1) is 10.8. The van der Waals surface area contributed by atoms with Crippen LogP contribution in [0, 0.1) is 0 Å². The molecule has 15 heavy (non-hydrogen) atoms. The quantitative estimate of drug-likeness (QED) is 0.640. The molecule has 0 bridgehead atoms. The lowest BCUT2D eigenvalue weighted by molar-refractivity contribution is 0.612. The molecule has 2 rings (SSSR count). The van der Waals surface area contributed by atoms with E-state index in [1.807, 2.05) is 11.4 Å². The summed E-state index contributed by atoms with van der Waals surface area (Å²) in [4.78, 5) is 17.0. The number of aromatic nitrogens is 2. The maximum absolute atomic E-state index is 11.9. The number of unbranched alkanes of at least 4 members (excludes halogenated alkanes) is 1. The second kappa shape index (κ2) is 4.90. The van der Waals surface area contributed by atoms with Gasteiger partial charge in [0.2, 0.25) is 0 Å². The van der Waals surface area contributed by atoms with Gasteiger partial charge in [-0.3, -0.25) is 9.36 Å². The van der Waals surface area contributed by atoms with Crippen LogP contribution in [-0.4, -0.2) is 14.9 Å². The Morgan fingerprint density at radius 3 is 3.13 bits per heavy atom. The van der Waals surface area contributed by atoms with Crippen LogP contribution in [0.4, 0.5) is 0 Å². The zero-order chi connectivity index (χ0) is 10.7. The molecule has 0 unspecified atom stereocenters. The lowest BCUT2D eigenvalue weighted by Gasteiger charge is -2.03. The van der Waals surface area contributed by atoms with E-state index in [4.69, 9.17) is 0 Å². The summed E-state index contributed by atoms with van der Waals surface area (Å²) in [6.45, 7) is 0.753. The van der Waals surface area contributed by atoms with Gasteiger partial charge in [-0.15, -0.1) is 11.3 Å². The molecule has 0 aliphatic heterocycles. The van der Waals surface area contributed by atoms with Gasteiger partial charge in [0.1, 0.15) is 4.83 Å². The van der Waals surface area contributed by atoms with E-state index in [-0.39, 0.29) is 5.56 Å². The van der Waals surface area contributed by atoms with Crippen molar-refractivity contribution in [3.05, 3.63) is 28.1 Å². The highest BCUT2D eigenvalue weighted by Gasteiger charge is 2.03. The van der Waals surface area contributed by atoms with Gasteiger partial charge in [0, 0.05) is 11.9 Å². The summed E-state index contributed by atoms with van der Waals surface area (Å²) in [5.41, 5.74) is 0.0795. The topological polar surface area (TPSA) is 34.9 Å². The second-order valence-corrected chi connectivity index (χ2v) is 4.97. The van der Waals surface area contributed by atoms with Gasteiger partial charge in [-0.2, -0.15) is 0 Å². The number of halogens is 1. The molecule has 0 amide bonds. The Bertz CT molecular complexity index is 505. The number of hydrogen-bond acceptors (Lipinski definition) is 3. The summed E-state index contributed by atoms with van der Waals surface area (Å²) in [6, 6.07) is 1.84. The first-order valence-electron chi connectivity index (χ1n) is 4.81. The minimum absolute atomic E-state index is 0.0795. The predicted molar refractivity (Wildman–Crippen MR) is 66.9 cm³/mol. The van der Waals surface area contributed by atoms with Crippen LogP contribution in [-0.2, 0) is 6.54 Å². The maximum atomic E-state index is 11.9. The van der Waals surface area contributed by atoms with Gasteiger partial charge in [0.25, 0.3) is 5.56 Å². The highest BCUT2D eigenvalue weighted by atomic mass is 79.9. The molecule has 0 fully saturated rings. The minimum atomic E-state index is 0.0795. The zero-order valence-corrected chi connectivity index (χ0v) is 10.6. The zero-order valence-electron chi connectivity index (χ0n) is 8.15. The second-order valence-electron chi connectivity index (χ2n) is 3.28. The normalized spacial score (nSPS) is 11.0. The number of thiophene rings is 1. The molecule has 2 aromatic rings. The monoisotopic (exact) mass is 286 g/mol. The third kappa shape index (κ3) is 2.29. The van der Waals surface area contributed by atoms with Crippen LogP contribution in [0.2, 0.25) is 0 Å². The van der Waals surface area contributed by atoms with Crippen LogP contribution in [0.3, 0.4) is 0 Å². The molecular formula is C10H11BrN2OS. The number of aryl methyl sites for hydroxylation is 1. The fourth-order valence-corrected chi connectivity index (χ4v) is 2.55. The smallest absolute Gasteiger partial charge is 0.262 e. The van der Waals surface area contributed by atoms with Crippen molar-refractivity contribution in [3.8, 4) is 0 Å². The van der Waals surface area contributed by atoms with Gasteiger partial charge in [0.15, 0.2) is 0 Å². The Kier molecular flexibility index (Phi) is 3.53. The Labute approximate surface area is 99.9 Å². The highest BCUT2D eigenvalue weighted by Crippen LogP contribution is 2.13. The van der Waals surface area contributed by atoms with E-state index in [9.17, 15) is 4.79 Å². The number of alkyl halides is 1. The molecule has 5 heteroatoms. The van der Waals surface area contributed by atoms with Crippen molar-refractivity contribution in [2.24, 2.45) is 0 Å². The van der Waals surface area contributed by atoms with Gasteiger partial charge in [-0.1, -0.05) is 15.9 Å². The maximum Gasteiger partial charge on any atom is 0.262 e. The predicted octanol–water partition coefficient (Wildman–Crippen LogP) is 2.63. The van der Waals surface area contributed by atoms with E-state index in [1.54, 1.807) is 10.9 Å². The third-order valence-electron chi connectivity index (χ3n) is 2.23. The Balaban J connectivity index is 2.28. The molecule has 0 aliphatic rings. The SMILES string of the molecule is O=c1c2ccsc2ncn1CCCCBr. The van der Waals surface area contributed by atoms with E-state index >= 15 is 0 Å². The summed E-state index contributed by atoms with van der Waals surface area (Å²) in [5, 5.41) is 3.62. The molecule has 0 radical (unpaired) electrons. The van der Waals surface area contributed by atoms with Crippen LogP contribution in [0.5, 0.6) is 0 Å². The summed E-state index contributed by atoms with van der Waals surface area (Å²) in [6.07, 6.45) is 3.73. The van der Waals surface area contributed by atoms with E-state index in [0.29, 0.717) is 0 Å². The van der Waals surface area contributed by atoms with Crippen molar-refractivity contribution < 1.29 is 0 Å². The van der Waals surface area contributed by atoms with Crippen LogP contribution in [0.1, 0.15) is 12.8 Å². The standard InChI is InChI=1S/C10H11BrN2OS/c11-4-1-2-5-13-7-12-9-8(10(13)14)3-6-15-9/h3,6-7H,1-2,4-5H2. The van der Waals surface area contributed by atoms with E-state index in [0.717, 1.165) is 34.9 Å².